The van der Waals surface area contributed by atoms with Gasteiger partial charge < -0.3 is 4.90 Å². The van der Waals surface area contributed by atoms with E-state index in [-0.39, 0.29) is 0 Å². The molecule has 1 amide bonds. The summed E-state index contributed by atoms with van der Waals surface area (Å²) < 4.78 is 0. The van der Waals surface area contributed by atoms with E-state index in [1.54, 1.807) is 0 Å². The first-order chi connectivity index (χ1) is 7.74. The molecule has 3 rings (SSSR count). The van der Waals surface area contributed by atoms with Crippen molar-refractivity contribution in [1.82, 2.24) is 4.90 Å². The average Bonchev–Trinajstić information content (AvgIpc) is 2.66. The molecule has 4 atom stereocenters. The van der Waals surface area contributed by atoms with Gasteiger partial charge in [-0.25, -0.2) is 0 Å². The molecule has 0 aromatic carbocycles. The number of likely N-dealkylation sites (tertiary alicyclic amines) is 1. The summed E-state index contributed by atoms with van der Waals surface area (Å²) in [4.78, 5) is 14.6. The second-order valence-corrected chi connectivity index (χ2v) is 6.45. The number of fused-ring (bicyclic) bond motifs is 1. The standard InChI is InChI=1S/C13H20BrNO/c1-8-5-6-15(11(8)7-14)13(16)12-9-3-2-4-10(9)12/h8-12H,2-7H2,1H3. The van der Waals surface area contributed by atoms with Crippen LogP contribution in [-0.4, -0.2) is 28.7 Å². The van der Waals surface area contributed by atoms with Gasteiger partial charge in [0.25, 0.3) is 0 Å². The lowest BCUT2D eigenvalue weighted by Gasteiger charge is -2.26. The molecule has 3 aliphatic rings. The van der Waals surface area contributed by atoms with E-state index in [1.807, 2.05) is 0 Å². The van der Waals surface area contributed by atoms with Crippen molar-refractivity contribution in [1.29, 1.82) is 0 Å². The lowest BCUT2D eigenvalue weighted by atomic mass is 10.0. The molecule has 0 radical (unpaired) electrons. The SMILES string of the molecule is CC1CCN(C(=O)C2C3CCCC32)C1CBr. The number of nitrogens with zero attached hydrogens (tertiary/aromatic N) is 1. The van der Waals surface area contributed by atoms with Gasteiger partial charge in [0.15, 0.2) is 0 Å². The maximum Gasteiger partial charge on any atom is 0.226 e. The first kappa shape index (κ1) is 11.1. The van der Waals surface area contributed by atoms with Gasteiger partial charge in [0, 0.05) is 23.8 Å². The topological polar surface area (TPSA) is 20.3 Å². The van der Waals surface area contributed by atoms with Gasteiger partial charge in [-0.1, -0.05) is 29.3 Å². The number of alkyl halides is 1. The van der Waals surface area contributed by atoms with Crippen molar-refractivity contribution in [3.8, 4) is 0 Å². The highest BCUT2D eigenvalue weighted by Crippen LogP contribution is 2.58. The van der Waals surface area contributed by atoms with Crippen molar-refractivity contribution in [2.45, 2.75) is 38.6 Å². The Morgan fingerprint density at radius 1 is 1.31 bits per heavy atom. The van der Waals surface area contributed by atoms with Crippen LogP contribution in [0.5, 0.6) is 0 Å². The van der Waals surface area contributed by atoms with Crippen molar-refractivity contribution in [2.75, 3.05) is 11.9 Å². The summed E-state index contributed by atoms with van der Waals surface area (Å²) in [7, 11) is 0. The first-order valence-electron chi connectivity index (χ1n) is 6.60. The Morgan fingerprint density at radius 3 is 2.62 bits per heavy atom. The second kappa shape index (κ2) is 4.01. The van der Waals surface area contributed by atoms with Crippen LogP contribution in [0.4, 0.5) is 0 Å². The van der Waals surface area contributed by atoms with E-state index in [2.05, 4.69) is 27.8 Å². The third-order valence-corrected chi connectivity index (χ3v) is 5.68. The number of amides is 1. The Morgan fingerprint density at radius 2 is 2.00 bits per heavy atom. The number of hydrogen-bond acceptors (Lipinski definition) is 1. The van der Waals surface area contributed by atoms with Gasteiger partial charge >= 0.3 is 0 Å². The van der Waals surface area contributed by atoms with Crippen molar-refractivity contribution in [3.63, 3.8) is 0 Å². The summed E-state index contributed by atoms with van der Waals surface area (Å²) in [5, 5.41) is 0.946. The Labute approximate surface area is 106 Å². The minimum Gasteiger partial charge on any atom is -0.338 e. The second-order valence-electron chi connectivity index (χ2n) is 5.80. The van der Waals surface area contributed by atoms with Gasteiger partial charge in [0.1, 0.15) is 0 Å². The molecule has 0 spiro atoms. The molecule has 0 aromatic heterocycles. The quantitative estimate of drug-likeness (QED) is 0.715. The molecule has 16 heavy (non-hydrogen) atoms. The van der Waals surface area contributed by atoms with E-state index in [0.29, 0.717) is 23.8 Å². The highest BCUT2D eigenvalue weighted by molar-refractivity contribution is 9.09. The summed E-state index contributed by atoms with van der Waals surface area (Å²) in [5.74, 6) is 3.09. The zero-order chi connectivity index (χ0) is 11.3. The Balaban J connectivity index is 1.67. The van der Waals surface area contributed by atoms with E-state index < -0.39 is 0 Å². The van der Waals surface area contributed by atoms with Crippen LogP contribution in [0.15, 0.2) is 0 Å². The molecule has 3 heteroatoms. The maximum absolute atomic E-state index is 12.4. The Hall–Kier alpha value is -0.0500. The molecule has 2 saturated carbocycles. The Kier molecular flexibility index (Phi) is 2.77. The van der Waals surface area contributed by atoms with Crippen LogP contribution in [0.2, 0.25) is 0 Å². The van der Waals surface area contributed by atoms with Gasteiger partial charge in [-0.2, -0.15) is 0 Å². The van der Waals surface area contributed by atoms with E-state index in [9.17, 15) is 4.79 Å². The van der Waals surface area contributed by atoms with Crippen LogP contribution in [0.3, 0.4) is 0 Å². The molecule has 2 nitrogen and oxygen atoms in total. The summed E-state index contributed by atoms with van der Waals surface area (Å²) in [6.45, 7) is 3.26. The van der Waals surface area contributed by atoms with Gasteiger partial charge in [0.2, 0.25) is 5.91 Å². The number of rotatable bonds is 2. The average molecular weight is 286 g/mol. The van der Waals surface area contributed by atoms with Crippen molar-refractivity contribution >= 4 is 21.8 Å². The summed E-state index contributed by atoms with van der Waals surface area (Å²) in [6.07, 6.45) is 5.16. The van der Waals surface area contributed by atoms with Gasteiger partial charge in [-0.3, -0.25) is 4.79 Å². The molecule has 0 bridgehead atoms. The highest BCUT2D eigenvalue weighted by atomic mass is 79.9. The predicted octanol–water partition coefficient (Wildman–Crippen LogP) is 2.66. The fourth-order valence-corrected chi connectivity index (χ4v) is 4.88. The van der Waals surface area contributed by atoms with Crippen LogP contribution >= 0.6 is 15.9 Å². The van der Waals surface area contributed by atoms with Crippen LogP contribution in [0.25, 0.3) is 0 Å². The zero-order valence-corrected chi connectivity index (χ0v) is 11.4. The molecule has 1 heterocycles. The molecule has 0 N–H and O–H groups in total. The molecule has 3 fully saturated rings. The molecule has 1 aliphatic heterocycles. The maximum atomic E-state index is 12.4. The number of halogens is 1. The number of carbonyl (C=O) groups is 1. The lowest BCUT2D eigenvalue weighted by Crippen LogP contribution is -2.40. The predicted molar refractivity (Wildman–Crippen MR) is 67.4 cm³/mol. The number of hydrogen-bond donors (Lipinski definition) is 0. The molecule has 90 valence electrons. The van der Waals surface area contributed by atoms with Gasteiger partial charge in [-0.05, 0) is 37.0 Å². The third kappa shape index (κ3) is 1.54. The largest absolute Gasteiger partial charge is 0.338 e. The Bertz CT molecular complexity index is 296. The molecular formula is C13H20BrNO. The minimum absolute atomic E-state index is 0.417. The zero-order valence-electron chi connectivity index (χ0n) is 9.86. The van der Waals surface area contributed by atoms with E-state index in [0.717, 1.165) is 23.7 Å². The van der Waals surface area contributed by atoms with E-state index >= 15 is 0 Å². The molecule has 0 aromatic rings. The van der Waals surface area contributed by atoms with E-state index in [4.69, 9.17) is 0 Å². The molecule has 1 saturated heterocycles. The summed E-state index contributed by atoms with van der Waals surface area (Å²) >= 11 is 3.56. The third-order valence-electron chi connectivity index (χ3n) is 5.02. The minimum atomic E-state index is 0.417. The van der Waals surface area contributed by atoms with Crippen molar-refractivity contribution < 1.29 is 4.79 Å². The highest BCUT2D eigenvalue weighted by Gasteiger charge is 2.58. The van der Waals surface area contributed by atoms with Crippen molar-refractivity contribution in [3.05, 3.63) is 0 Å². The fourth-order valence-electron chi connectivity index (χ4n) is 3.90. The molecule has 2 aliphatic carbocycles. The first-order valence-corrected chi connectivity index (χ1v) is 7.72. The van der Waals surface area contributed by atoms with E-state index in [1.165, 1.54) is 25.7 Å². The van der Waals surface area contributed by atoms with Crippen LogP contribution in [0, 0.1) is 23.7 Å². The monoisotopic (exact) mass is 285 g/mol. The van der Waals surface area contributed by atoms with Gasteiger partial charge in [-0.15, -0.1) is 0 Å². The fraction of sp³-hybridized carbons (Fsp3) is 0.923. The summed E-state index contributed by atoms with van der Waals surface area (Å²) in [5.41, 5.74) is 0. The molecular weight excluding hydrogens is 266 g/mol. The molecule has 4 unspecified atom stereocenters. The normalized spacial score (nSPS) is 45.9. The van der Waals surface area contributed by atoms with Crippen LogP contribution in [-0.2, 0) is 4.79 Å². The van der Waals surface area contributed by atoms with Crippen LogP contribution in [0.1, 0.15) is 32.6 Å². The van der Waals surface area contributed by atoms with Crippen molar-refractivity contribution in [2.24, 2.45) is 23.7 Å². The lowest BCUT2D eigenvalue weighted by molar-refractivity contribution is -0.134. The van der Waals surface area contributed by atoms with Crippen LogP contribution < -0.4 is 0 Å². The van der Waals surface area contributed by atoms with Gasteiger partial charge in [0.05, 0.1) is 0 Å². The summed E-state index contributed by atoms with van der Waals surface area (Å²) in [6, 6.07) is 0.453. The number of carbonyl (C=O) groups excluding carboxylic acids is 1. The smallest absolute Gasteiger partial charge is 0.226 e.